The lowest BCUT2D eigenvalue weighted by atomic mass is 10.2. The number of hydrogen-bond donors (Lipinski definition) is 1. The van der Waals surface area contributed by atoms with Gasteiger partial charge in [0.15, 0.2) is 16.4 Å². The third kappa shape index (κ3) is 5.74. The van der Waals surface area contributed by atoms with Gasteiger partial charge in [-0.25, -0.2) is 13.2 Å². The van der Waals surface area contributed by atoms with Crippen molar-refractivity contribution in [1.82, 2.24) is 0 Å². The van der Waals surface area contributed by atoms with Gasteiger partial charge in [-0.1, -0.05) is 18.2 Å². The van der Waals surface area contributed by atoms with Crippen LogP contribution in [0.1, 0.15) is 16.1 Å². The van der Waals surface area contributed by atoms with Crippen LogP contribution < -0.4 is 10.1 Å². The van der Waals surface area contributed by atoms with Crippen LogP contribution in [0.2, 0.25) is 0 Å². The molecule has 1 amide bonds. The SMILES string of the molecule is COc1ccc(NC(=O)COC(=O)c2occc2CS(=O)(=O)c2ccccc2)c([N+](=O)[O-])c1. The van der Waals surface area contributed by atoms with E-state index < -0.39 is 44.7 Å². The summed E-state index contributed by atoms with van der Waals surface area (Å²) >= 11 is 0. The summed E-state index contributed by atoms with van der Waals surface area (Å²) in [6.07, 6.45) is 1.13. The van der Waals surface area contributed by atoms with Crippen LogP contribution in [0, 0.1) is 10.1 Å². The molecule has 12 heteroatoms. The van der Waals surface area contributed by atoms with Crippen LogP contribution in [-0.4, -0.2) is 38.9 Å². The van der Waals surface area contributed by atoms with E-state index in [1.165, 1.54) is 37.4 Å². The predicted octanol–water partition coefficient (Wildman–Crippen LogP) is 2.97. The molecule has 3 rings (SSSR count). The van der Waals surface area contributed by atoms with Crippen molar-refractivity contribution in [3.8, 4) is 5.75 Å². The minimum absolute atomic E-state index is 0.0649. The summed E-state index contributed by atoms with van der Waals surface area (Å²) < 4.78 is 40.0. The Morgan fingerprint density at radius 3 is 2.52 bits per heavy atom. The van der Waals surface area contributed by atoms with Crippen molar-refractivity contribution in [2.45, 2.75) is 10.6 Å². The smallest absolute Gasteiger partial charge is 0.375 e. The number of hydrogen-bond acceptors (Lipinski definition) is 9. The maximum Gasteiger partial charge on any atom is 0.375 e. The second kappa shape index (κ2) is 9.96. The molecular weight excluding hydrogens is 456 g/mol. The van der Waals surface area contributed by atoms with Gasteiger partial charge in [0.25, 0.3) is 11.6 Å². The van der Waals surface area contributed by atoms with Gasteiger partial charge in [-0.3, -0.25) is 14.9 Å². The van der Waals surface area contributed by atoms with Gasteiger partial charge in [0, 0.05) is 5.56 Å². The van der Waals surface area contributed by atoms with Crippen molar-refractivity contribution in [1.29, 1.82) is 0 Å². The Labute approximate surface area is 188 Å². The second-order valence-electron chi connectivity index (χ2n) is 6.61. The number of amides is 1. The number of anilines is 1. The maximum atomic E-state index is 12.6. The van der Waals surface area contributed by atoms with E-state index in [0.29, 0.717) is 0 Å². The first-order chi connectivity index (χ1) is 15.7. The topological polar surface area (TPSA) is 155 Å². The average Bonchev–Trinajstić information content (AvgIpc) is 3.25. The first-order valence-electron chi connectivity index (χ1n) is 9.35. The first kappa shape index (κ1) is 23.5. The molecular formula is C21H18N2O9S. The Morgan fingerprint density at radius 2 is 1.85 bits per heavy atom. The van der Waals surface area contributed by atoms with Gasteiger partial charge in [-0.05, 0) is 30.3 Å². The zero-order chi connectivity index (χ0) is 24.0. The maximum absolute atomic E-state index is 12.6. The van der Waals surface area contributed by atoms with E-state index in [9.17, 15) is 28.1 Å². The van der Waals surface area contributed by atoms with Crippen molar-refractivity contribution in [2.75, 3.05) is 19.0 Å². The van der Waals surface area contributed by atoms with Crippen molar-refractivity contribution < 1.29 is 36.8 Å². The van der Waals surface area contributed by atoms with Gasteiger partial charge in [0.2, 0.25) is 5.76 Å². The number of nitrogens with one attached hydrogen (secondary N) is 1. The molecule has 0 aliphatic carbocycles. The lowest BCUT2D eigenvalue weighted by molar-refractivity contribution is -0.384. The minimum atomic E-state index is -3.75. The minimum Gasteiger partial charge on any atom is -0.496 e. The number of carbonyl (C=O) groups excluding carboxylic acids is 2. The fourth-order valence-electron chi connectivity index (χ4n) is 2.82. The molecule has 172 valence electrons. The average molecular weight is 474 g/mol. The Balaban J connectivity index is 1.65. The Kier molecular flexibility index (Phi) is 7.08. The predicted molar refractivity (Wildman–Crippen MR) is 115 cm³/mol. The summed E-state index contributed by atoms with van der Waals surface area (Å²) in [5.74, 6) is -2.55. The van der Waals surface area contributed by atoms with Gasteiger partial charge in [0.05, 0.1) is 35.0 Å². The number of furan rings is 1. The number of methoxy groups -OCH3 is 1. The highest BCUT2D eigenvalue weighted by Gasteiger charge is 2.24. The van der Waals surface area contributed by atoms with Crippen molar-refractivity contribution in [2.24, 2.45) is 0 Å². The molecule has 0 aliphatic rings. The number of rotatable bonds is 9. The number of nitro benzene ring substituents is 1. The van der Waals surface area contributed by atoms with Crippen LogP contribution in [-0.2, 0) is 25.1 Å². The molecule has 0 saturated heterocycles. The van der Waals surface area contributed by atoms with Gasteiger partial charge >= 0.3 is 5.97 Å². The lowest BCUT2D eigenvalue weighted by Gasteiger charge is -2.08. The van der Waals surface area contributed by atoms with Crippen LogP contribution >= 0.6 is 0 Å². The number of sulfone groups is 1. The van der Waals surface area contributed by atoms with E-state index >= 15 is 0 Å². The first-order valence-corrected chi connectivity index (χ1v) is 11.0. The molecule has 11 nitrogen and oxygen atoms in total. The number of carbonyl (C=O) groups is 2. The summed E-state index contributed by atoms with van der Waals surface area (Å²) in [6, 6.07) is 12.8. The van der Waals surface area contributed by atoms with Crippen molar-refractivity contribution >= 4 is 33.1 Å². The summed E-state index contributed by atoms with van der Waals surface area (Å²) in [7, 11) is -2.41. The normalized spacial score (nSPS) is 10.9. The molecule has 0 atom stereocenters. The molecule has 33 heavy (non-hydrogen) atoms. The monoisotopic (exact) mass is 474 g/mol. The van der Waals surface area contributed by atoms with Crippen molar-refractivity contribution in [3.63, 3.8) is 0 Å². The Bertz CT molecular complexity index is 1280. The fourth-order valence-corrected chi connectivity index (χ4v) is 4.20. The van der Waals surface area contributed by atoms with E-state index in [1.807, 2.05) is 0 Å². The van der Waals surface area contributed by atoms with Crippen LogP contribution in [0.15, 0.2) is 70.2 Å². The molecule has 0 fully saturated rings. The van der Waals surface area contributed by atoms with E-state index in [0.717, 1.165) is 12.3 Å². The number of nitrogens with zero attached hydrogens (tertiary/aromatic N) is 1. The van der Waals surface area contributed by atoms with E-state index in [2.05, 4.69) is 5.32 Å². The fraction of sp³-hybridized carbons (Fsp3) is 0.143. The number of benzene rings is 2. The van der Waals surface area contributed by atoms with E-state index in [-0.39, 0.29) is 27.7 Å². The summed E-state index contributed by atoms with van der Waals surface area (Å²) in [5.41, 5.74) is -0.460. The van der Waals surface area contributed by atoms with Crippen LogP contribution in [0.4, 0.5) is 11.4 Å². The summed E-state index contributed by atoms with van der Waals surface area (Å²) in [5, 5.41) is 13.5. The van der Waals surface area contributed by atoms with Crippen molar-refractivity contribution in [3.05, 3.63) is 82.3 Å². The highest BCUT2D eigenvalue weighted by Crippen LogP contribution is 2.29. The zero-order valence-electron chi connectivity index (χ0n) is 17.2. The van der Waals surface area contributed by atoms with Crippen LogP contribution in [0.5, 0.6) is 5.75 Å². The standard InChI is InChI=1S/C21H18N2O9S/c1-30-15-7-8-17(18(11-15)23(26)27)22-19(24)12-32-21(25)20-14(9-10-31-20)13-33(28,29)16-5-3-2-4-6-16/h2-11H,12-13H2,1H3,(H,22,24). The second-order valence-corrected chi connectivity index (χ2v) is 8.60. The number of ether oxygens (including phenoxy) is 2. The van der Waals surface area contributed by atoms with Crippen LogP contribution in [0.25, 0.3) is 0 Å². The molecule has 0 bridgehead atoms. The third-order valence-corrected chi connectivity index (χ3v) is 6.07. The molecule has 0 spiro atoms. The third-order valence-electron chi connectivity index (χ3n) is 4.39. The Hall–Kier alpha value is -4.19. The molecule has 0 aliphatic heterocycles. The largest absolute Gasteiger partial charge is 0.496 e. The molecule has 0 unspecified atom stereocenters. The number of nitro groups is 1. The van der Waals surface area contributed by atoms with E-state index in [1.54, 1.807) is 18.2 Å². The lowest BCUT2D eigenvalue weighted by Crippen LogP contribution is -2.22. The molecule has 0 saturated carbocycles. The molecule has 2 aromatic carbocycles. The quantitative estimate of drug-likeness (QED) is 0.280. The van der Waals surface area contributed by atoms with Gasteiger partial charge in [-0.15, -0.1) is 0 Å². The van der Waals surface area contributed by atoms with Gasteiger partial charge in [0.1, 0.15) is 11.4 Å². The van der Waals surface area contributed by atoms with Gasteiger partial charge in [-0.2, -0.15) is 0 Å². The zero-order valence-corrected chi connectivity index (χ0v) is 18.0. The van der Waals surface area contributed by atoms with E-state index in [4.69, 9.17) is 13.9 Å². The molecule has 3 aromatic rings. The Morgan fingerprint density at radius 1 is 1.12 bits per heavy atom. The molecule has 0 radical (unpaired) electrons. The van der Waals surface area contributed by atoms with Gasteiger partial charge < -0.3 is 19.2 Å². The number of esters is 1. The summed E-state index contributed by atoms with van der Waals surface area (Å²) in [6.45, 7) is -0.784. The molecule has 1 N–H and O–H groups in total. The highest BCUT2D eigenvalue weighted by molar-refractivity contribution is 7.90. The molecule has 1 heterocycles. The van der Waals surface area contributed by atoms with Crippen LogP contribution in [0.3, 0.4) is 0 Å². The highest BCUT2D eigenvalue weighted by atomic mass is 32.2. The summed E-state index contributed by atoms with van der Waals surface area (Å²) in [4.78, 5) is 35.1. The molecule has 1 aromatic heterocycles.